The van der Waals surface area contributed by atoms with Crippen molar-refractivity contribution in [3.05, 3.63) is 24.0 Å². The number of unbranched alkanes of at least 4 members (excludes halogenated alkanes) is 29. The van der Waals surface area contributed by atoms with Gasteiger partial charge in [0, 0.05) is 12.0 Å². The van der Waals surface area contributed by atoms with E-state index in [-0.39, 0.29) is 5.97 Å². The maximum Gasteiger partial charge on any atom is 0.338 e. The molecule has 0 aliphatic rings. The molecule has 0 aromatic heterocycles. The Hall–Kier alpha value is -1.05. The first-order chi connectivity index (χ1) is 20.6. The van der Waals surface area contributed by atoms with Crippen LogP contribution in [0.25, 0.3) is 0 Å². The monoisotopic (exact) mass is 589 g/mol. The van der Waals surface area contributed by atoms with E-state index in [2.05, 4.69) is 26.5 Å². The summed E-state index contributed by atoms with van der Waals surface area (Å²) < 4.78 is 5.68. The molecule has 0 aromatic carbocycles. The summed E-state index contributed by atoms with van der Waals surface area (Å²) in [6.07, 6.45) is 45.5. The normalized spacial score (nSPS) is 11.7. The molecule has 248 valence electrons. The second-order valence-electron chi connectivity index (χ2n) is 13.3. The molecule has 0 aliphatic carbocycles. The molecule has 2 heteroatoms. The van der Waals surface area contributed by atoms with Crippen molar-refractivity contribution in [2.75, 3.05) is 0 Å². The molecule has 0 spiro atoms. The minimum atomic E-state index is -0.265. The standard InChI is InChI=1S/C40H76O2/c1-5-7-9-11-13-15-17-19-21-22-23-25-27-29-31-33-35-37-39(42-40(41)38(3)4)36-34-32-30-28-26-24-20-18-16-14-12-10-8-6-2/h37H,3,5-36H2,1-2,4H3. The van der Waals surface area contributed by atoms with E-state index < -0.39 is 0 Å². The van der Waals surface area contributed by atoms with E-state index in [1.54, 1.807) is 6.92 Å². The Bertz CT molecular complexity index is 605. The van der Waals surface area contributed by atoms with Gasteiger partial charge in [-0.05, 0) is 32.3 Å². The van der Waals surface area contributed by atoms with Gasteiger partial charge < -0.3 is 4.74 Å². The lowest BCUT2D eigenvalue weighted by Gasteiger charge is -2.09. The van der Waals surface area contributed by atoms with Gasteiger partial charge in [0.25, 0.3) is 0 Å². The van der Waals surface area contributed by atoms with E-state index in [0.717, 1.165) is 25.0 Å². The maximum atomic E-state index is 12.1. The van der Waals surface area contributed by atoms with E-state index in [1.165, 1.54) is 186 Å². The van der Waals surface area contributed by atoms with Crippen molar-refractivity contribution in [2.45, 2.75) is 226 Å². The molecule has 0 N–H and O–H groups in total. The summed E-state index contributed by atoms with van der Waals surface area (Å²) in [5.74, 6) is 0.612. The molecule has 2 nitrogen and oxygen atoms in total. The number of ether oxygens (including phenoxy) is 1. The molecule has 0 rings (SSSR count). The molecule has 0 radical (unpaired) electrons. The van der Waals surface area contributed by atoms with Crippen LogP contribution < -0.4 is 0 Å². The largest absolute Gasteiger partial charge is 0.428 e. The van der Waals surface area contributed by atoms with Crippen molar-refractivity contribution >= 4 is 5.97 Å². The summed E-state index contributed by atoms with van der Waals surface area (Å²) in [7, 11) is 0. The van der Waals surface area contributed by atoms with E-state index in [1.807, 2.05) is 0 Å². The van der Waals surface area contributed by atoms with E-state index in [4.69, 9.17) is 4.74 Å². The minimum absolute atomic E-state index is 0.265. The van der Waals surface area contributed by atoms with Gasteiger partial charge in [0.15, 0.2) is 0 Å². The molecule has 0 aromatic rings. The predicted molar refractivity (Wildman–Crippen MR) is 188 cm³/mol. The molecular formula is C40H76O2. The number of rotatable bonds is 34. The Morgan fingerprint density at radius 2 is 0.762 bits per heavy atom. The van der Waals surface area contributed by atoms with Crippen LogP contribution in [-0.2, 0) is 9.53 Å². The van der Waals surface area contributed by atoms with Crippen LogP contribution >= 0.6 is 0 Å². The first-order valence-electron chi connectivity index (χ1n) is 19.2. The summed E-state index contributed by atoms with van der Waals surface area (Å²) in [5, 5.41) is 0. The number of carbonyl (C=O) groups is 1. The number of esters is 1. The Morgan fingerprint density at radius 3 is 1.07 bits per heavy atom. The molecule has 0 amide bonds. The van der Waals surface area contributed by atoms with Crippen LogP contribution in [0.1, 0.15) is 226 Å². The first-order valence-corrected chi connectivity index (χ1v) is 19.2. The third kappa shape index (κ3) is 31.9. The van der Waals surface area contributed by atoms with Gasteiger partial charge in [-0.15, -0.1) is 0 Å². The summed E-state index contributed by atoms with van der Waals surface area (Å²) in [4.78, 5) is 12.1. The molecule has 0 atom stereocenters. The second-order valence-corrected chi connectivity index (χ2v) is 13.3. The molecule has 0 unspecified atom stereocenters. The number of allylic oxidation sites excluding steroid dienone is 2. The third-order valence-corrected chi connectivity index (χ3v) is 8.78. The molecule has 42 heavy (non-hydrogen) atoms. The number of carbonyl (C=O) groups excluding carboxylic acids is 1. The van der Waals surface area contributed by atoms with Gasteiger partial charge in [0.05, 0.1) is 0 Å². The van der Waals surface area contributed by atoms with Gasteiger partial charge in [0.1, 0.15) is 5.76 Å². The van der Waals surface area contributed by atoms with Gasteiger partial charge in [-0.1, -0.05) is 200 Å². The van der Waals surface area contributed by atoms with Crippen LogP contribution in [0, 0.1) is 0 Å². The van der Waals surface area contributed by atoms with E-state index >= 15 is 0 Å². The van der Waals surface area contributed by atoms with Crippen LogP contribution in [0.15, 0.2) is 24.0 Å². The summed E-state index contributed by atoms with van der Waals surface area (Å²) in [6.45, 7) is 10.1. The zero-order valence-electron chi connectivity index (χ0n) is 29.2. The highest BCUT2D eigenvalue weighted by Gasteiger charge is 2.08. The van der Waals surface area contributed by atoms with E-state index in [0.29, 0.717) is 5.57 Å². The number of hydrogen-bond donors (Lipinski definition) is 0. The van der Waals surface area contributed by atoms with Crippen molar-refractivity contribution in [3.8, 4) is 0 Å². The number of hydrogen-bond acceptors (Lipinski definition) is 2. The van der Waals surface area contributed by atoms with Gasteiger partial charge in [-0.2, -0.15) is 0 Å². The predicted octanol–water partition coefficient (Wildman–Crippen LogP) is 14.5. The Kier molecular flexibility index (Phi) is 33.6. The van der Waals surface area contributed by atoms with E-state index in [9.17, 15) is 4.79 Å². The smallest absolute Gasteiger partial charge is 0.338 e. The van der Waals surface area contributed by atoms with Crippen LogP contribution in [0.5, 0.6) is 0 Å². The molecule has 0 fully saturated rings. The fourth-order valence-corrected chi connectivity index (χ4v) is 5.85. The molecule has 0 aliphatic heterocycles. The van der Waals surface area contributed by atoms with Gasteiger partial charge in [-0.25, -0.2) is 4.79 Å². The minimum Gasteiger partial charge on any atom is -0.428 e. The lowest BCUT2D eigenvalue weighted by Crippen LogP contribution is -2.05. The SMILES string of the molecule is C=C(C)C(=O)OC(=CCCCCCCCCCCCCCCCCCC)CCCCCCCCCCCCCCCC. The van der Waals surface area contributed by atoms with Crippen molar-refractivity contribution < 1.29 is 9.53 Å². The van der Waals surface area contributed by atoms with Crippen LogP contribution in [-0.4, -0.2) is 5.97 Å². The Labute approximate surface area is 265 Å². The van der Waals surface area contributed by atoms with Gasteiger partial charge in [0.2, 0.25) is 0 Å². The highest BCUT2D eigenvalue weighted by atomic mass is 16.5. The molecule has 0 saturated heterocycles. The second kappa shape index (κ2) is 34.4. The Morgan fingerprint density at radius 1 is 0.476 bits per heavy atom. The summed E-state index contributed by atoms with van der Waals surface area (Å²) >= 11 is 0. The zero-order valence-corrected chi connectivity index (χ0v) is 29.2. The molecule has 0 heterocycles. The molecular weight excluding hydrogens is 512 g/mol. The van der Waals surface area contributed by atoms with Crippen LogP contribution in [0.3, 0.4) is 0 Å². The fraction of sp³-hybridized carbons (Fsp3) is 0.875. The Balaban J connectivity index is 3.76. The highest BCUT2D eigenvalue weighted by Crippen LogP contribution is 2.18. The van der Waals surface area contributed by atoms with Gasteiger partial charge >= 0.3 is 5.97 Å². The fourth-order valence-electron chi connectivity index (χ4n) is 5.85. The molecule has 0 bridgehead atoms. The lowest BCUT2D eigenvalue weighted by molar-refractivity contribution is -0.135. The average molecular weight is 589 g/mol. The topological polar surface area (TPSA) is 26.3 Å². The lowest BCUT2D eigenvalue weighted by atomic mass is 10.0. The third-order valence-electron chi connectivity index (χ3n) is 8.78. The van der Waals surface area contributed by atoms with Gasteiger partial charge in [-0.3, -0.25) is 0 Å². The van der Waals surface area contributed by atoms with Crippen molar-refractivity contribution in [1.29, 1.82) is 0 Å². The summed E-state index contributed by atoms with van der Waals surface area (Å²) in [5.41, 5.74) is 0.490. The zero-order chi connectivity index (χ0) is 30.8. The van der Waals surface area contributed by atoms with Crippen LogP contribution in [0.4, 0.5) is 0 Å². The highest BCUT2D eigenvalue weighted by molar-refractivity contribution is 5.87. The summed E-state index contributed by atoms with van der Waals surface area (Å²) in [6, 6.07) is 0. The van der Waals surface area contributed by atoms with Crippen molar-refractivity contribution in [3.63, 3.8) is 0 Å². The average Bonchev–Trinajstić information content (AvgIpc) is 2.98. The van der Waals surface area contributed by atoms with Crippen molar-refractivity contribution in [2.24, 2.45) is 0 Å². The quantitative estimate of drug-likeness (QED) is 0.0323. The van der Waals surface area contributed by atoms with Crippen molar-refractivity contribution in [1.82, 2.24) is 0 Å². The van der Waals surface area contributed by atoms with Crippen LogP contribution in [0.2, 0.25) is 0 Å². The first kappa shape index (κ1) is 41.0. The molecule has 0 saturated carbocycles. The maximum absolute atomic E-state index is 12.1.